The van der Waals surface area contributed by atoms with Gasteiger partial charge in [0.1, 0.15) is 11.5 Å². The van der Waals surface area contributed by atoms with Gasteiger partial charge in [0.2, 0.25) is 0 Å². The summed E-state index contributed by atoms with van der Waals surface area (Å²) >= 11 is 0. The maximum absolute atomic E-state index is 12.2. The van der Waals surface area contributed by atoms with Gasteiger partial charge in [0, 0.05) is 11.6 Å². The van der Waals surface area contributed by atoms with Crippen molar-refractivity contribution in [3.8, 4) is 11.5 Å². The van der Waals surface area contributed by atoms with Crippen LogP contribution in [0, 0.1) is 0 Å². The number of phenols is 1. The summed E-state index contributed by atoms with van der Waals surface area (Å²) < 4.78 is 29.2. The molecule has 0 heterocycles. The first kappa shape index (κ1) is 13.9. The average Bonchev–Trinajstić information content (AvgIpc) is 2.16. The Balaban J connectivity index is 0.00000196. The Kier molecular flexibility index (Phi) is 5.32. The molecular weight excluding hydrogens is 228 g/mol. The first-order valence-electron chi connectivity index (χ1n) is 3.97. The average molecular weight is 240 g/mol. The standard InChI is InChI=1S/C9H11F2NO2.ClH/c1-14-5-2-3-6(7(13)4-5)8(12)9(10)11;/h2-4,8-9,13H,12H2,1H3;1H/t8-;/m0./s1. The van der Waals surface area contributed by atoms with Gasteiger partial charge in [-0.3, -0.25) is 0 Å². The first-order valence-corrected chi connectivity index (χ1v) is 3.97. The van der Waals surface area contributed by atoms with Crippen LogP contribution in [-0.2, 0) is 0 Å². The van der Waals surface area contributed by atoms with Crippen LogP contribution in [0.2, 0.25) is 0 Å². The molecule has 0 radical (unpaired) electrons. The molecule has 0 saturated carbocycles. The van der Waals surface area contributed by atoms with Crippen LogP contribution in [0.4, 0.5) is 8.78 Å². The van der Waals surface area contributed by atoms with E-state index in [4.69, 9.17) is 10.5 Å². The van der Waals surface area contributed by atoms with Crippen molar-refractivity contribution < 1.29 is 18.6 Å². The van der Waals surface area contributed by atoms with E-state index in [9.17, 15) is 13.9 Å². The Labute approximate surface area is 92.3 Å². The van der Waals surface area contributed by atoms with Gasteiger partial charge in [-0.1, -0.05) is 0 Å². The molecule has 1 atom stereocenters. The molecule has 6 heteroatoms. The molecule has 3 nitrogen and oxygen atoms in total. The SMILES string of the molecule is COc1ccc([C@H](N)C(F)F)c(O)c1.Cl. The number of aromatic hydroxyl groups is 1. The molecule has 1 rings (SSSR count). The fourth-order valence-electron chi connectivity index (χ4n) is 1.07. The van der Waals surface area contributed by atoms with E-state index in [1.807, 2.05) is 0 Å². The molecule has 0 aliphatic carbocycles. The molecule has 0 fully saturated rings. The second-order valence-electron chi connectivity index (χ2n) is 2.78. The van der Waals surface area contributed by atoms with Crippen molar-refractivity contribution >= 4 is 12.4 Å². The van der Waals surface area contributed by atoms with Crippen LogP contribution < -0.4 is 10.5 Å². The van der Waals surface area contributed by atoms with E-state index in [-0.39, 0.29) is 23.7 Å². The predicted octanol–water partition coefficient (Wildman–Crippen LogP) is 2.09. The van der Waals surface area contributed by atoms with Crippen molar-refractivity contribution in [3.63, 3.8) is 0 Å². The molecule has 0 spiro atoms. The molecule has 3 N–H and O–H groups in total. The van der Waals surface area contributed by atoms with Gasteiger partial charge < -0.3 is 15.6 Å². The molecular formula is C9H12ClF2NO2. The molecule has 1 aromatic rings. The monoisotopic (exact) mass is 239 g/mol. The zero-order valence-corrected chi connectivity index (χ0v) is 8.80. The lowest BCUT2D eigenvalue weighted by Crippen LogP contribution is -2.18. The Bertz CT molecular complexity index is 323. The van der Waals surface area contributed by atoms with Crippen molar-refractivity contribution in [1.82, 2.24) is 0 Å². The van der Waals surface area contributed by atoms with Gasteiger partial charge in [-0.15, -0.1) is 12.4 Å². The van der Waals surface area contributed by atoms with Crippen LogP contribution in [-0.4, -0.2) is 18.6 Å². The molecule has 0 amide bonds. The van der Waals surface area contributed by atoms with Crippen LogP contribution in [0.3, 0.4) is 0 Å². The third-order valence-corrected chi connectivity index (χ3v) is 1.87. The molecule has 0 aliphatic rings. The minimum atomic E-state index is -2.70. The summed E-state index contributed by atoms with van der Waals surface area (Å²) in [6, 6.07) is 2.57. The highest BCUT2D eigenvalue weighted by Gasteiger charge is 2.20. The summed E-state index contributed by atoms with van der Waals surface area (Å²) in [7, 11) is 1.42. The molecule has 1 aromatic carbocycles. The minimum absolute atomic E-state index is 0. The summed E-state index contributed by atoms with van der Waals surface area (Å²) in [5, 5.41) is 9.35. The summed E-state index contributed by atoms with van der Waals surface area (Å²) in [5.74, 6) is 0.116. The molecule has 15 heavy (non-hydrogen) atoms. The molecule has 0 bridgehead atoms. The highest BCUT2D eigenvalue weighted by atomic mass is 35.5. The van der Waals surface area contributed by atoms with E-state index < -0.39 is 12.5 Å². The van der Waals surface area contributed by atoms with Crippen LogP contribution >= 0.6 is 12.4 Å². The lowest BCUT2D eigenvalue weighted by Gasteiger charge is -2.13. The Hall–Kier alpha value is -1.07. The number of hydrogen-bond acceptors (Lipinski definition) is 3. The lowest BCUT2D eigenvalue weighted by atomic mass is 10.1. The fourth-order valence-corrected chi connectivity index (χ4v) is 1.07. The van der Waals surface area contributed by atoms with E-state index in [1.165, 1.54) is 25.3 Å². The van der Waals surface area contributed by atoms with Gasteiger partial charge in [0.15, 0.2) is 0 Å². The number of methoxy groups -OCH3 is 1. The largest absolute Gasteiger partial charge is 0.507 e. The van der Waals surface area contributed by atoms with Gasteiger partial charge in [0.25, 0.3) is 6.43 Å². The second kappa shape index (κ2) is 5.72. The normalized spacial score (nSPS) is 12.1. The summed E-state index contributed by atoms with van der Waals surface area (Å²) in [4.78, 5) is 0. The number of nitrogens with two attached hydrogens (primary N) is 1. The van der Waals surface area contributed by atoms with Gasteiger partial charge in [-0.25, -0.2) is 8.78 Å². The van der Waals surface area contributed by atoms with E-state index >= 15 is 0 Å². The number of ether oxygens (including phenoxy) is 1. The highest BCUT2D eigenvalue weighted by molar-refractivity contribution is 5.85. The van der Waals surface area contributed by atoms with E-state index in [0.717, 1.165) is 0 Å². The van der Waals surface area contributed by atoms with E-state index in [2.05, 4.69) is 0 Å². The third kappa shape index (κ3) is 3.21. The Morgan fingerprint density at radius 3 is 2.40 bits per heavy atom. The maximum Gasteiger partial charge on any atom is 0.257 e. The smallest absolute Gasteiger partial charge is 0.257 e. The van der Waals surface area contributed by atoms with Crippen molar-refractivity contribution in [3.05, 3.63) is 23.8 Å². The number of hydrogen-bond donors (Lipinski definition) is 2. The Morgan fingerprint density at radius 1 is 1.40 bits per heavy atom. The van der Waals surface area contributed by atoms with Gasteiger partial charge in [0.05, 0.1) is 13.2 Å². The van der Waals surface area contributed by atoms with Crippen LogP contribution in [0.5, 0.6) is 11.5 Å². The summed E-state index contributed by atoms with van der Waals surface area (Å²) in [5.41, 5.74) is 5.19. The summed E-state index contributed by atoms with van der Waals surface area (Å²) in [6.45, 7) is 0. The van der Waals surface area contributed by atoms with Crippen molar-refractivity contribution in [2.24, 2.45) is 5.73 Å². The van der Waals surface area contributed by atoms with Crippen LogP contribution in [0.15, 0.2) is 18.2 Å². The molecule has 0 aliphatic heterocycles. The number of phenolic OH excluding ortho intramolecular Hbond substituents is 1. The topological polar surface area (TPSA) is 55.5 Å². The van der Waals surface area contributed by atoms with E-state index in [1.54, 1.807) is 0 Å². The minimum Gasteiger partial charge on any atom is -0.507 e. The van der Waals surface area contributed by atoms with Crippen molar-refractivity contribution in [1.29, 1.82) is 0 Å². The third-order valence-electron chi connectivity index (χ3n) is 1.87. The van der Waals surface area contributed by atoms with Crippen molar-refractivity contribution in [2.45, 2.75) is 12.5 Å². The van der Waals surface area contributed by atoms with Gasteiger partial charge in [-0.2, -0.15) is 0 Å². The van der Waals surface area contributed by atoms with Crippen LogP contribution in [0.1, 0.15) is 11.6 Å². The lowest BCUT2D eigenvalue weighted by molar-refractivity contribution is 0.115. The maximum atomic E-state index is 12.2. The number of alkyl halides is 2. The molecule has 86 valence electrons. The van der Waals surface area contributed by atoms with E-state index in [0.29, 0.717) is 5.75 Å². The quantitative estimate of drug-likeness (QED) is 0.849. The van der Waals surface area contributed by atoms with Crippen molar-refractivity contribution in [2.75, 3.05) is 7.11 Å². The molecule has 0 unspecified atom stereocenters. The molecule has 0 aromatic heterocycles. The predicted molar refractivity (Wildman–Crippen MR) is 54.8 cm³/mol. The fraction of sp³-hybridized carbons (Fsp3) is 0.333. The zero-order valence-electron chi connectivity index (χ0n) is 7.98. The van der Waals surface area contributed by atoms with Gasteiger partial charge >= 0.3 is 0 Å². The number of rotatable bonds is 3. The highest BCUT2D eigenvalue weighted by Crippen LogP contribution is 2.29. The number of benzene rings is 1. The van der Waals surface area contributed by atoms with Crippen LogP contribution in [0.25, 0.3) is 0 Å². The molecule has 0 saturated heterocycles. The zero-order chi connectivity index (χ0) is 10.7. The second-order valence-corrected chi connectivity index (χ2v) is 2.78. The first-order chi connectivity index (χ1) is 6.56. The van der Waals surface area contributed by atoms with Gasteiger partial charge in [-0.05, 0) is 12.1 Å². The Morgan fingerprint density at radius 2 is 2.00 bits per heavy atom. The summed E-state index contributed by atoms with van der Waals surface area (Å²) in [6.07, 6.45) is -2.70. The number of halogens is 3.